The van der Waals surface area contributed by atoms with Gasteiger partial charge in [0.25, 0.3) is 0 Å². The van der Waals surface area contributed by atoms with Gasteiger partial charge in [-0.25, -0.2) is 4.99 Å². The standard InChI is InChI=1S/C22H30N4O2/c1-4-6-21(27)26-19-11-7-17(8-12-19)15-24-22(23-5-2)25-16-18-9-13-20(28-3)14-10-18/h7-14H,4-6,15-16H2,1-3H3,(H,26,27)(H2,23,24,25). The Morgan fingerprint density at radius 2 is 1.64 bits per heavy atom. The van der Waals surface area contributed by atoms with Gasteiger partial charge >= 0.3 is 0 Å². The Bertz CT molecular complexity index is 755. The fourth-order valence-corrected chi connectivity index (χ4v) is 2.59. The van der Waals surface area contributed by atoms with Crippen molar-refractivity contribution in [3.63, 3.8) is 0 Å². The molecule has 0 unspecified atom stereocenters. The van der Waals surface area contributed by atoms with Gasteiger partial charge in [-0.3, -0.25) is 4.79 Å². The molecule has 3 N–H and O–H groups in total. The Kier molecular flexibility index (Phi) is 8.85. The largest absolute Gasteiger partial charge is 0.497 e. The summed E-state index contributed by atoms with van der Waals surface area (Å²) >= 11 is 0. The van der Waals surface area contributed by atoms with E-state index in [1.807, 2.05) is 62.4 Å². The normalized spacial score (nSPS) is 11.0. The molecule has 0 saturated heterocycles. The van der Waals surface area contributed by atoms with Crippen molar-refractivity contribution in [2.45, 2.75) is 39.8 Å². The van der Waals surface area contributed by atoms with Crippen molar-refractivity contribution < 1.29 is 9.53 Å². The van der Waals surface area contributed by atoms with Crippen molar-refractivity contribution in [3.8, 4) is 5.75 Å². The molecule has 0 bridgehead atoms. The second-order valence-electron chi connectivity index (χ2n) is 6.39. The number of hydrogen-bond donors (Lipinski definition) is 3. The summed E-state index contributed by atoms with van der Waals surface area (Å²) in [6.45, 7) is 6.06. The zero-order valence-electron chi connectivity index (χ0n) is 16.9. The van der Waals surface area contributed by atoms with Crippen molar-refractivity contribution in [2.75, 3.05) is 19.0 Å². The van der Waals surface area contributed by atoms with Gasteiger partial charge in [-0.15, -0.1) is 0 Å². The van der Waals surface area contributed by atoms with E-state index in [4.69, 9.17) is 4.74 Å². The van der Waals surface area contributed by atoms with E-state index in [9.17, 15) is 4.79 Å². The third kappa shape index (κ3) is 7.31. The molecular formula is C22H30N4O2. The number of nitrogens with zero attached hydrogens (tertiary/aromatic N) is 1. The quantitative estimate of drug-likeness (QED) is 0.457. The molecule has 150 valence electrons. The molecule has 0 atom stereocenters. The van der Waals surface area contributed by atoms with Gasteiger partial charge in [0.05, 0.1) is 13.7 Å². The summed E-state index contributed by atoms with van der Waals surface area (Å²) in [6.07, 6.45) is 1.39. The molecule has 0 aromatic heterocycles. The van der Waals surface area contributed by atoms with Crippen LogP contribution in [0.15, 0.2) is 53.5 Å². The molecule has 0 aliphatic carbocycles. The van der Waals surface area contributed by atoms with E-state index in [1.54, 1.807) is 7.11 Å². The van der Waals surface area contributed by atoms with Crippen molar-refractivity contribution in [1.29, 1.82) is 0 Å². The molecule has 0 heterocycles. The van der Waals surface area contributed by atoms with Gasteiger partial charge in [-0.1, -0.05) is 31.2 Å². The van der Waals surface area contributed by atoms with E-state index in [2.05, 4.69) is 20.9 Å². The topological polar surface area (TPSA) is 74.8 Å². The monoisotopic (exact) mass is 382 g/mol. The molecule has 0 saturated carbocycles. The lowest BCUT2D eigenvalue weighted by Crippen LogP contribution is -2.36. The first-order valence-corrected chi connectivity index (χ1v) is 9.68. The molecule has 0 radical (unpaired) electrons. The third-order valence-corrected chi connectivity index (χ3v) is 4.10. The van der Waals surface area contributed by atoms with E-state index in [1.165, 1.54) is 0 Å². The zero-order chi connectivity index (χ0) is 20.2. The number of carbonyl (C=O) groups is 1. The molecule has 2 aromatic rings. The molecule has 6 heteroatoms. The molecule has 2 aromatic carbocycles. The number of guanidine groups is 1. The third-order valence-electron chi connectivity index (χ3n) is 4.10. The van der Waals surface area contributed by atoms with E-state index >= 15 is 0 Å². The Labute approximate surface area is 167 Å². The van der Waals surface area contributed by atoms with Crippen molar-refractivity contribution in [3.05, 3.63) is 59.7 Å². The molecule has 28 heavy (non-hydrogen) atoms. The predicted octanol–water partition coefficient (Wildman–Crippen LogP) is 3.69. The van der Waals surface area contributed by atoms with Crippen molar-refractivity contribution in [1.82, 2.24) is 10.6 Å². The number of carbonyl (C=O) groups excluding carboxylic acids is 1. The van der Waals surface area contributed by atoms with Gasteiger partial charge < -0.3 is 20.7 Å². The first kappa shape index (κ1) is 21.3. The number of aliphatic imine (C=N–C) groups is 1. The van der Waals surface area contributed by atoms with Crippen molar-refractivity contribution in [2.24, 2.45) is 4.99 Å². The Morgan fingerprint density at radius 1 is 0.964 bits per heavy atom. The molecule has 6 nitrogen and oxygen atoms in total. The van der Waals surface area contributed by atoms with Gasteiger partial charge in [0.1, 0.15) is 5.75 Å². The maximum atomic E-state index is 11.7. The fourth-order valence-electron chi connectivity index (χ4n) is 2.59. The lowest BCUT2D eigenvalue weighted by Gasteiger charge is -2.12. The van der Waals surface area contributed by atoms with Crippen LogP contribution < -0.4 is 20.7 Å². The molecule has 2 rings (SSSR count). The number of nitrogens with one attached hydrogen (secondary N) is 3. The van der Waals surface area contributed by atoms with Crippen LogP contribution in [0, 0.1) is 0 Å². The maximum absolute atomic E-state index is 11.7. The van der Waals surface area contributed by atoms with Gasteiger partial charge in [0, 0.05) is 25.2 Å². The SMILES string of the molecule is CCCC(=O)Nc1ccc(CNC(=NCc2ccc(OC)cc2)NCC)cc1. The summed E-state index contributed by atoms with van der Waals surface area (Å²) in [5.74, 6) is 1.65. The van der Waals surface area contributed by atoms with Crippen LogP contribution in [0.4, 0.5) is 5.69 Å². The Balaban J connectivity index is 1.90. The van der Waals surface area contributed by atoms with Crippen LogP contribution in [0.5, 0.6) is 5.75 Å². The number of ether oxygens (including phenoxy) is 1. The van der Waals surface area contributed by atoms with E-state index < -0.39 is 0 Å². The summed E-state index contributed by atoms with van der Waals surface area (Å²) in [4.78, 5) is 16.3. The number of methoxy groups -OCH3 is 1. The first-order valence-electron chi connectivity index (χ1n) is 9.68. The number of rotatable bonds is 9. The highest BCUT2D eigenvalue weighted by Crippen LogP contribution is 2.12. The lowest BCUT2D eigenvalue weighted by atomic mass is 10.2. The van der Waals surface area contributed by atoms with E-state index in [0.29, 0.717) is 19.5 Å². The average Bonchev–Trinajstić information content (AvgIpc) is 2.71. The minimum Gasteiger partial charge on any atom is -0.497 e. The van der Waals surface area contributed by atoms with Gasteiger partial charge in [0.2, 0.25) is 5.91 Å². The van der Waals surface area contributed by atoms with E-state index in [-0.39, 0.29) is 5.91 Å². The minimum absolute atomic E-state index is 0.0495. The molecular weight excluding hydrogens is 352 g/mol. The minimum atomic E-state index is 0.0495. The summed E-state index contributed by atoms with van der Waals surface area (Å²) < 4.78 is 5.18. The van der Waals surface area contributed by atoms with Gasteiger partial charge in [0.15, 0.2) is 5.96 Å². The first-order chi connectivity index (χ1) is 13.6. The number of anilines is 1. The van der Waals surface area contributed by atoms with Crippen LogP contribution in [0.2, 0.25) is 0 Å². The van der Waals surface area contributed by atoms with Crippen LogP contribution in [0.25, 0.3) is 0 Å². The number of amides is 1. The second-order valence-corrected chi connectivity index (χ2v) is 6.39. The van der Waals surface area contributed by atoms with Crippen LogP contribution in [0.1, 0.15) is 37.8 Å². The van der Waals surface area contributed by atoms with Crippen LogP contribution in [-0.4, -0.2) is 25.5 Å². The smallest absolute Gasteiger partial charge is 0.224 e. The maximum Gasteiger partial charge on any atom is 0.224 e. The van der Waals surface area contributed by atoms with Crippen LogP contribution in [0.3, 0.4) is 0 Å². The highest BCUT2D eigenvalue weighted by Gasteiger charge is 2.02. The number of benzene rings is 2. The summed E-state index contributed by atoms with van der Waals surface area (Å²) in [5.41, 5.74) is 3.05. The average molecular weight is 383 g/mol. The molecule has 0 aliphatic rings. The molecule has 0 fully saturated rings. The summed E-state index contributed by atoms with van der Waals surface area (Å²) in [7, 11) is 1.66. The summed E-state index contributed by atoms with van der Waals surface area (Å²) in [5, 5.41) is 9.49. The highest BCUT2D eigenvalue weighted by molar-refractivity contribution is 5.90. The van der Waals surface area contributed by atoms with Crippen molar-refractivity contribution >= 4 is 17.6 Å². The fraction of sp³-hybridized carbons (Fsp3) is 0.364. The summed E-state index contributed by atoms with van der Waals surface area (Å²) in [6, 6.07) is 15.7. The Morgan fingerprint density at radius 3 is 2.25 bits per heavy atom. The molecule has 1 amide bonds. The molecule has 0 spiro atoms. The highest BCUT2D eigenvalue weighted by atomic mass is 16.5. The molecule has 0 aliphatic heterocycles. The Hall–Kier alpha value is -3.02. The van der Waals surface area contributed by atoms with Crippen LogP contribution in [-0.2, 0) is 17.9 Å². The van der Waals surface area contributed by atoms with Gasteiger partial charge in [-0.05, 0) is 48.7 Å². The second kappa shape index (κ2) is 11.6. The lowest BCUT2D eigenvalue weighted by molar-refractivity contribution is -0.116. The zero-order valence-corrected chi connectivity index (χ0v) is 16.9. The van der Waals surface area contributed by atoms with Crippen LogP contribution >= 0.6 is 0 Å². The predicted molar refractivity (Wildman–Crippen MR) is 115 cm³/mol. The van der Waals surface area contributed by atoms with E-state index in [0.717, 1.165) is 41.5 Å². The number of hydrogen-bond acceptors (Lipinski definition) is 3. The van der Waals surface area contributed by atoms with Gasteiger partial charge in [-0.2, -0.15) is 0 Å².